The predicted octanol–water partition coefficient (Wildman–Crippen LogP) is 1.63. The standard InChI is InChI=1S/C14H19NO3/c1-14(4-5-14)15-9-11(16)10-2-3-12-13(8-10)18-7-6-17-12/h2-3,8,11,15-16H,4-7,9H2,1H3. The van der Waals surface area contributed by atoms with Gasteiger partial charge in [-0.05, 0) is 37.5 Å². The smallest absolute Gasteiger partial charge is 0.161 e. The summed E-state index contributed by atoms with van der Waals surface area (Å²) in [6.07, 6.45) is 1.89. The molecule has 1 aromatic carbocycles. The van der Waals surface area contributed by atoms with Gasteiger partial charge in [-0.15, -0.1) is 0 Å². The van der Waals surface area contributed by atoms with Crippen LogP contribution in [0.15, 0.2) is 18.2 Å². The molecule has 4 heteroatoms. The molecule has 1 aliphatic carbocycles. The van der Waals surface area contributed by atoms with Crippen LogP contribution in [0.3, 0.4) is 0 Å². The van der Waals surface area contributed by atoms with Crippen molar-refractivity contribution in [1.29, 1.82) is 0 Å². The first-order valence-electron chi connectivity index (χ1n) is 6.49. The van der Waals surface area contributed by atoms with Gasteiger partial charge in [-0.25, -0.2) is 0 Å². The molecule has 1 atom stereocenters. The van der Waals surface area contributed by atoms with E-state index in [0.29, 0.717) is 19.8 Å². The fraction of sp³-hybridized carbons (Fsp3) is 0.571. The first-order valence-corrected chi connectivity index (χ1v) is 6.49. The summed E-state index contributed by atoms with van der Waals surface area (Å²) < 4.78 is 11.0. The summed E-state index contributed by atoms with van der Waals surface area (Å²) in [4.78, 5) is 0. The third-order valence-corrected chi connectivity index (χ3v) is 3.67. The first-order chi connectivity index (χ1) is 8.66. The maximum atomic E-state index is 10.2. The average molecular weight is 249 g/mol. The highest BCUT2D eigenvalue weighted by atomic mass is 16.6. The van der Waals surface area contributed by atoms with Gasteiger partial charge in [0.1, 0.15) is 13.2 Å². The Hall–Kier alpha value is -1.26. The highest BCUT2D eigenvalue weighted by Crippen LogP contribution is 2.35. The monoisotopic (exact) mass is 249 g/mol. The predicted molar refractivity (Wildman–Crippen MR) is 68.0 cm³/mol. The van der Waals surface area contributed by atoms with Gasteiger partial charge in [0.25, 0.3) is 0 Å². The molecule has 2 N–H and O–H groups in total. The Balaban J connectivity index is 1.67. The van der Waals surface area contributed by atoms with Crippen LogP contribution in [0.1, 0.15) is 31.4 Å². The average Bonchev–Trinajstić information content (AvgIpc) is 3.14. The Morgan fingerprint density at radius 3 is 2.72 bits per heavy atom. The van der Waals surface area contributed by atoms with Crippen LogP contribution in [0, 0.1) is 0 Å². The summed E-state index contributed by atoms with van der Waals surface area (Å²) >= 11 is 0. The maximum Gasteiger partial charge on any atom is 0.161 e. The van der Waals surface area contributed by atoms with Gasteiger partial charge in [0, 0.05) is 12.1 Å². The fourth-order valence-electron chi connectivity index (χ4n) is 2.09. The zero-order chi connectivity index (χ0) is 12.6. The molecule has 3 rings (SSSR count). The van der Waals surface area contributed by atoms with Crippen LogP contribution < -0.4 is 14.8 Å². The fourth-order valence-corrected chi connectivity index (χ4v) is 2.09. The van der Waals surface area contributed by atoms with Crippen molar-refractivity contribution >= 4 is 0 Å². The number of fused-ring (bicyclic) bond motifs is 1. The van der Waals surface area contributed by atoms with Crippen molar-refractivity contribution in [3.05, 3.63) is 23.8 Å². The van der Waals surface area contributed by atoms with E-state index in [0.717, 1.165) is 17.1 Å². The lowest BCUT2D eigenvalue weighted by Crippen LogP contribution is -2.32. The summed E-state index contributed by atoms with van der Waals surface area (Å²) in [6, 6.07) is 5.64. The van der Waals surface area contributed by atoms with Gasteiger partial charge >= 0.3 is 0 Å². The summed E-state index contributed by atoms with van der Waals surface area (Å²) in [5, 5.41) is 13.5. The van der Waals surface area contributed by atoms with Crippen molar-refractivity contribution in [2.75, 3.05) is 19.8 Å². The number of aliphatic hydroxyl groups is 1. The third-order valence-electron chi connectivity index (χ3n) is 3.67. The Bertz CT molecular complexity index is 443. The molecule has 18 heavy (non-hydrogen) atoms. The van der Waals surface area contributed by atoms with Gasteiger partial charge < -0.3 is 19.9 Å². The van der Waals surface area contributed by atoms with Gasteiger partial charge in [0.2, 0.25) is 0 Å². The van der Waals surface area contributed by atoms with Crippen molar-refractivity contribution in [1.82, 2.24) is 5.32 Å². The molecule has 1 fully saturated rings. The lowest BCUT2D eigenvalue weighted by Gasteiger charge is -2.21. The number of aliphatic hydroxyl groups excluding tert-OH is 1. The van der Waals surface area contributed by atoms with Gasteiger partial charge in [-0.1, -0.05) is 6.07 Å². The van der Waals surface area contributed by atoms with Crippen LogP contribution in [-0.2, 0) is 0 Å². The number of hydrogen-bond acceptors (Lipinski definition) is 4. The van der Waals surface area contributed by atoms with E-state index in [4.69, 9.17) is 9.47 Å². The van der Waals surface area contributed by atoms with Gasteiger partial charge in [0.05, 0.1) is 6.10 Å². The molecule has 4 nitrogen and oxygen atoms in total. The first kappa shape index (κ1) is 11.8. The second kappa shape index (κ2) is 4.44. The highest BCUT2D eigenvalue weighted by Gasteiger charge is 2.36. The largest absolute Gasteiger partial charge is 0.486 e. The number of hydrogen-bond donors (Lipinski definition) is 2. The van der Waals surface area contributed by atoms with Crippen molar-refractivity contribution in [3.8, 4) is 11.5 Å². The quantitative estimate of drug-likeness (QED) is 0.851. The van der Waals surface area contributed by atoms with Crippen LogP contribution >= 0.6 is 0 Å². The van der Waals surface area contributed by atoms with E-state index in [1.165, 1.54) is 12.8 Å². The molecule has 1 unspecified atom stereocenters. The van der Waals surface area contributed by atoms with Crippen LogP contribution in [0.25, 0.3) is 0 Å². The van der Waals surface area contributed by atoms with E-state index in [9.17, 15) is 5.11 Å². The molecule has 1 heterocycles. The maximum absolute atomic E-state index is 10.2. The summed E-state index contributed by atoms with van der Waals surface area (Å²) in [6.45, 7) is 3.93. The van der Waals surface area contributed by atoms with Gasteiger partial charge in [-0.3, -0.25) is 0 Å². The molecule has 1 aromatic rings. The number of β-amino-alcohol motifs (C(OH)–C–C–N with tert-alkyl or cyclic N) is 1. The van der Waals surface area contributed by atoms with Crippen molar-refractivity contribution in [3.63, 3.8) is 0 Å². The van der Waals surface area contributed by atoms with Crippen molar-refractivity contribution in [2.45, 2.75) is 31.4 Å². The number of ether oxygens (including phenoxy) is 2. The molecule has 1 saturated carbocycles. The van der Waals surface area contributed by atoms with E-state index in [2.05, 4.69) is 12.2 Å². The molecular weight excluding hydrogens is 230 g/mol. The lowest BCUT2D eigenvalue weighted by atomic mass is 10.1. The Morgan fingerprint density at radius 2 is 2.00 bits per heavy atom. The van der Waals surface area contributed by atoms with Crippen LogP contribution in [0.5, 0.6) is 11.5 Å². The van der Waals surface area contributed by atoms with Crippen molar-refractivity contribution in [2.24, 2.45) is 0 Å². The molecule has 0 aromatic heterocycles. The second-order valence-electron chi connectivity index (χ2n) is 5.36. The molecule has 98 valence electrons. The van der Waals surface area contributed by atoms with E-state index < -0.39 is 6.10 Å². The van der Waals surface area contributed by atoms with E-state index in [1.54, 1.807) is 0 Å². The zero-order valence-electron chi connectivity index (χ0n) is 10.6. The Labute approximate surface area is 107 Å². The number of rotatable bonds is 4. The van der Waals surface area contributed by atoms with Crippen LogP contribution in [0.4, 0.5) is 0 Å². The molecule has 0 saturated heterocycles. The minimum Gasteiger partial charge on any atom is -0.486 e. The molecular formula is C14H19NO3. The Morgan fingerprint density at radius 1 is 1.28 bits per heavy atom. The minimum atomic E-state index is -0.502. The molecule has 0 bridgehead atoms. The van der Waals surface area contributed by atoms with E-state index in [1.807, 2.05) is 18.2 Å². The van der Waals surface area contributed by atoms with Crippen molar-refractivity contribution < 1.29 is 14.6 Å². The molecule has 1 aliphatic heterocycles. The van der Waals surface area contributed by atoms with Gasteiger partial charge in [0.15, 0.2) is 11.5 Å². The summed E-state index contributed by atoms with van der Waals surface area (Å²) in [5.74, 6) is 1.50. The lowest BCUT2D eigenvalue weighted by molar-refractivity contribution is 0.160. The topological polar surface area (TPSA) is 50.7 Å². The minimum absolute atomic E-state index is 0.245. The molecule has 0 amide bonds. The Kier molecular flexibility index (Phi) is 2.92. The van der Waals surface area contributed by atoms with E-state index >= 15 is 0 Å². The molecule has 0 radical (unpaired) electrons. The normalized spacial score (nSPS) is 21.4. The van der Waals surface area contributed by atoms with Crippen LogP contribution in [0.2, 0.25) is 0 Å². The van der Waals surface area contributed by atoms with E-state index in [-0.39, 0.29) is 5.54 Å². The molecule has 2 aliphatic rings. The third kappa shape index (κ3) is 2.44. The number of benzene rings is 1. The summed E-state index contributed by atoms with van der Waals surface area (Å²) in [5.41, 5.74) is 1.12. The SMILES string of the molecule is CC1(NCC(O)c2ccc3c(c2)OCCO3)CC1. The van der Waals surface area contributed by atoms with Crippen LogP contribution in [-0.4, -0.2) is 30.4 Å². The summed E-state index contributed by atoms with van der Waals surface area (Å²) in [7, 11) is 0. The second-order valence-corrected chi connectivity index (χ2v) is 5.36. The number of nitrogens with one attached hydrogen (secondary N) is 1. The molecule has 0 spiro atoms. The zero-order valence-corrected chi connectivity index (χ0v) is 10.6. The van der Waals surface area contributed by atoms with Gasteiger partial charge in [-0.2, -0.15) is 0 Å². The highest BCUT2D eigenvalue weighted by molar-refractivity contribution is 5.44.